The molecule has 2 heterocycles. The minimum atomic E-state index is -0.598. The minimum absolute atomic E-state index is 0.0197. The van der Waals surface area contributed by atoms with Gasteiger partial charge in [0.1, 0.15) is 18.4 Å². The number of carbonyl (C=O) groups is 2. The summed E-state index contributed by atoms with van der Waals surface area (Å²) in [6.45, 7) is 0. The molecule has 4 nitrogen and oxygen atoms in total. The number of aryl methyl sites for hydroxylation is 1. The predicted octanol–water partition coefficient (Wildman–Crippen LogP) is 1.45. The van der Waals surface area contributed by atoms with Gasteiger partial charge in [-0.3, -0.25) is 9.59 Å². The number of amides is 2. The Morgan fingerprint density at radius 3 is 2.47 bits per heavy atom. The van der Waals surface area contributed by atoms with Gasteiger partial charge in [-0.25, -0.2) is 9.29 Å². The Hall–Kier alpha value is -2.56. The third kappa shape index (κ3) is 1.55. The maximum absolute atomic E-state index is 13.8. The first kappa shape index (κ1) is 11.5. The van der Waals surface area contributed by atoms with E-state index in [0.29, 0.717) is 5.56 Å². The van der Waals surface area contributed by atoms with Crippen molar-refractivity contribution in [2.75, 3.05) is 4.90 Å². The van der Waals surface area contributed by atoms with Crippen molar-refractivity contribution in [2.45, 2.75) is 0 Å². The summed E-state index contributed by atoms with van der Waals surface area (Å²) in [5, 5.41) is 0. The number of imide groups is 1. The summed E-state index contributed by atoms with van der Waals surface area (Å²) in [6.07, 6.45) is 1.68. The first-order chi connectivity index (χ1) is 9.11. The molecule has 2 amide bonds. The number of halogens is 1. The lowest BCUT2D eigenvalue weighted by Gasteiger charge is -2.13. The molecule has 2 aromatic rings. The number of aromatic nitrogens is 1. The zero-order chi connectivity index (χ0) is 13.6. The van der Waals surface area contributed by atoms with Gasteiger partial charge < -0.3 is 0 Å². The lowest BCUT2D eigenvalue weighted by molar-refractivity contribution is -0.673. The number of nitrogens with zero attached hydrogens (tertiary/aromatic N) is 2. The van der Waals surface area contributed by atoms with Crippen LogP contribution in [0.2, 0.25) is 0 Å². The second-order valence-electron chi connectivity index (χ2n) is 4.28. The Morgan fingerprint density at radius 2 is 1.79 bits per heavy atom. The van der Waals surface area contributed by atoms with Crippen LogP contribution in [0.4, 0.5) is 10.1 Å². The number of fused-ring (bicyclic) bond motifs is 1. The Balaban J connectivity index is 2.19. The normalized spacial score (nSPS) is 13.9. The van der Waals surface area contributed by atoms with Gasteiger partial charge in [-0.1, -0.05) is 12.1 Å². The van der Waals surface area contributed by atoms with Crippen LogP contribution >= 0.6 is 0 Å². The topological polar surface area (TPSA) is 41.3 Å². The number of anilines is 1. The van der Waals surface area contributed by atoms with Crippen molar-refractivity contribution in [3.8, 4) is 0 Å². The van der Waals surface area contributed by atoms with E-state index < -0.39 is 17.6 Å². The third-order valence-corrected chi connectivity index (χ3v) is 3.11. The monoisotopic (exact) mass is 257 g/mol. The number of hydrogen-bond acceptors (Lipinski definition) is 2. The van der Waals surface area contributed by atoms with Gasteiger partial charge in [0.2, 0.25) is 0 Å². The first-order valence-corrected chi connectivity index (χ1v) is 5.73. The molecule has 1 aliphatic heterocycles. The van der Waals surface area contributed by atoms with E-state index in [0.717, 1.165) is 4.90 Å². The molecule has 0 saturated heterocycles. The van der Waals surface area contributed by atoms with Gasteiger partial charge in [0.15, 0.2) is 6.20 Å². The molecule has 94 valence electrons. The molecule has 0 bridgehead atoms. The summed E-state index contributed by atoms with van der Waals surface area (Å²) in [7, 11) is 1.68. The summed E-state index contributed by atoms with van der Waals surface area (Å²) in [5.74, 6) is -1.60. The van der Waals surface area contributed by atoms with Crippen LogP contribution in [0, 0.1) is 5.82 Å². The fourth-order valence-electron chi connectivity index (χ4n) is 2.22. The van der Waals surface area contributed by atoms with Gasteiger partial charge in [-0.15, -0.1) is 0 Å². The average molecular weight is 257 g/mol. The van der Waals surface area contributed by atoms with Crippen LogP contribution in [0.15, 0.2) is 42.6 Å². The molecule has 0 atom stereocenters. The average Bonchev–Trinajstić information content (AvgIpc) is 2.64. The molecule has 0 N–H and O–H groups in total. The van der Waals surface area contributed by atoms with Crippen molar-refractivity contribution in [3.63, 3.8) is 0 Å². The molecule has 1 aliphatic rings. The van der Waals surface area contributed by atoms with Gasteiger partial charge in [0.25, 0.3) is 11.6 Å². The van der Waals surface area contributed by atoms with Crippen LogP contribution in [0.5, 0.6) is 0 Å². The van der Waals surface area contributed by atoms with E-state index in [1.807, 2.05) is 0 Å². The number of pyridine rings is 1. The van der Waals surface area contributed by atoms with Crippen LogP contribution in [-0.2, 0) is 7.05 Å². The van der Waals surface area contributed by atoms with Crippen LogP contribution in [-0.4, -0.2) is 11.8 Å². The molecule has 1 aromatic heterocycles. The summed E-state index contributed by atoms with van der Waals surface area (Å²) in [5.41, 5.74) is 0.544. The summed E-state index contributed by atoms with van der Waals surface area (Å²) >= 11 is 0. The standard InChI is InChI=1S/C14H10FN2O2/c1-16-8-4-5-9-12(16)14(19)17(13(9)18)11-7-3-2-6-10(11)15/h2-8H,1H3/q+1. The molecule has 3 rings (SSSR count). The van der Waals surface area contributed by atoms with E-state index in [9.17, 15) is 14.0 Å². The minimum Gasteiger partial charge on any atom is -0.268 e. The van der Waals surface area contributed by atoms with E-state index in [1.54, 1.807) is 36.0 Å². The quantitative estimate of drug-likeness (QED) is 0.573. The van der Waals surface area contributed by atoms with Crippen molar-refractivity contribution in [3.05, 3.63) is 59.7 Å². The Labute approximate surface area is 108 Å². The largest absolute Gasteiger partial charge is 0.331 e. The summed E-state index contributed by atoms with van der Waals surface area (Å²) in [6, 6.07) is 8.97. The zero-order valence-corrected chi connectivity index (χ0v) is 10.1. The molecule has 0 spiro atoms. The smallest absolute Gasteiger partial charge is 0.268 e. The fourth-order valence-corrected chi connectivity index (χ4v) is 2.22. The maximum Gasteiger partial charge on any atom is 0.331 e. The summed E-state index contributed by atoms with van der Waals surface area (Å²) in [4.78, 5) is 25.4. The second kappa shape index (κ2) is 3.98. The molecular weight excluding hydrogens is 247 g/mol. The van der Waals surface area contributed by atoms with Crippen LogP contribution in [0.25, 0.3) is 0 Å². The number of carbonyl (C=O) groups excluding carboxylic acids is 2. The highest BCUT2D eigenvalue weighted by Crippen LogP contribution is 2.28. The molecule has 0 saturated carbocycles. The SMILES string of the molecule is C[n+]1cccc2c1C(=O)N(c1ccccc1F)C2=O. The molecule has 0 aliphatic carbocycles. The predicted molar refractivity (Wildman–Crippen MR) is 65.2 cm³/mol. The highest BCUT2D eigenvalue weighted by atomic mass is 19.1. The van der Waals surface area contributed by atoms with Gasteiger partial charge >= 0.3 is 5.91 Å². The number of rotatable bonds is 1. The van der Waals surface area contributed by atoms with Crippen molar-refractivity contribution in [1.29, 1.82) is 0 Å². The Morgan fingerprint density at radius 1 is 1.05 bits per heavy atom. The van der Waals surface area contributed by atoms with Crippen molar-refractivity contribution < 1.29 is 18.5 Å². The van der Waals surface area contributed by atoms with Crippen molar-refractivity contribution in [2.24, 2.45) is 7.05 Å². The zero-order valence-electron chi connectivity index (χ0n) is 10.1. The van der Waals surface area contributed by atoms with Gasteiger partial charge in [0, 0.05) is 6.07 Å². The van der Waals surface area contributed by atoms with Crippen molar-refractivity contribution >= 4 is 17.5 Å². The molecule has 0 fully saturated rings. The molecule has 1 aromatic carbocycles. The number of benzene rings is 1. The number of para-hydroxylation sites is 1. The molecule has 0 radical (unpaired) electrons. The molecular formula is C14H10FN2O2+. The molecule has 19 heavy (non-hydrogen) atoms. The highest BCUT2D eigenvalue weighted by molar-refractivity contribution is 6.33. The van der Waals surface area contributed by atoms with Gasteiger partial charge in [-0.05, 0) is 18.2 Å². The molecule has 5 heteroatoms. The van der Waals surface area contributed by atoms with E-state index in [4.69, 9.17) is 0 Å². The van der Waals surface area contributed by atoms with E-state index in [1.165, 1.54) is 18.2 Å². The second-order valence-corrected chi connectivity index (χ2v) is 4.28. The number of hydrogen-bond donors (Lipinski definition) is 0. The maximum atomic E-state index is 13.8. The third-order valence-electron chi connectivity index (χ3n) is 3.11. The van der Waals surface area contributed by atoms with Crippen LogP contribution < -0.4 is 9.47 Å². The van der Waals surface area contributed by atoms with E-state index in [-0.39, 0.29) is 11.4 Å². The van der Waals surface area contributed by atoms with Crippen LogP contribution in [0.1, 0.15) is 20.8 Å². The van der Waals surface area contributed by atoms with E-state index in [2.05, 4.69) is 0 Å². The first-order valence-electron chi connectivity index (χ1n) is 5.73. The fraction of sp³-hybridized carbons (Fsp3) is 0.0714. The highest BCUT2D eigenvalue weighted by Gasteiger charge is 2.44. The van der Waals surface area contributed by atoms with Gasteiger partial charge in [-0.2, -0.15) is 4.57 Å². The molecule has 0 unspecified atom stereocenters. The van der Waals surface area contributed by atoms with E-state index >= 15 is 0 Å². The summed E-state index contributed by atoms with van der Waals surface area (Å²) < 4.78 is 15.3. The Kier molecular flexibility index (Phi) is 2.41. The lowest BCUT2D eigenvalue weighted by Crippen LogP contribution is -2.38. The van der Waals surface area contributed by atoms with Gasteiger partial charge in [0.05, 0.1) is 5.69 Å². The Bertz CT molecular complexity index is 712. The van der Waals surface area contributed by atoms with Crippen molar-refractivity contribution in [1.82, 2.24) is 0 Å². The van der Waals surface area contributed by atoms with Crippen LogP contribution in [0.3, 0.4) is 0 Å². The lowest BCUT2D eigenvalue weighted by atomic mass is 10.2.